The van der Waals surface area contributed by atoms with Gasteiger partial charge in [0.2, 0.25) is 0 Å². The first-order valence-corrected chi connectivity index (χ1v) is 6.27. The van der Waals surface area contributed by atoms with Gasteiger partial charge in [0.25, 0.3) is 5.91 Å². The van der Waals surface area contributed by atoms with E-state index in [2.05, 4.69) is 10.6 Å². The molecule has 0 saturated heterocycles. The maximum atomic E-state index is 12.3. The number of nitrogens with one attached hydrogen (secondary N) is 2. The summed E-state index contributed by atoms with van der Waals surface area (Å²) >= 11 is 0. The van der Waals surface area contributed by atoms with Crippen molar-refractivity contribution in [3.05, 3.63) is 59.2 Å². The molecular formula is C16H18N2O. The molecule has 0 saturated carbocycles. The van der Waals surface area contributed by atoms with Crippen molar-refractivity contribution in [1.82, 2.24) is 0 Å². The van der Waals surface area contributed by atoms with Crippen LogP contribution < -0.4 is 10.6 Å². The van der Waals surface area contributed by atoms with E-state index >= 15 is 0 Å². The molecule has 2 aromatic rings. The van der Waals surface area contributed by atoms with E-state index in [-0.39, 0.29) is 5.91 Å². The summed E-state index contributed by atoms with van der Waals surface area (Å²) in [6.45, 7) is 4.00. The van der Waals surface area contributed by atoms with Crippen LogP contribution in [0.25, 0.3) is 0 Å². The van der Waals surface area contributed by atoms with Gasteiger partial charge in [-0.05, 0) is 43.2 Å². The SMILES string of the molecule is CNc1ccccc1C(=O)Nc1cc(C)ccc1C. The zero-order valence-corrected chi connectivity index (χ0v) is 11.4. The van der Waals surface area contributed by atoms with Gasteiger partial charge >= 0.3 is 0 Å². The van der Waals surface area contributed by atoms with Crippen molar-refractivity contribution in [2.45, 2.75) is 13.8 Å². The Balaban J connectivity index is 2.28. The lowest BCUT2D eigenvalue weighted by molar-refractivity contribution is 0.102. The number of carbonyl (C=O) groups is 1. The fourth-order valence-corrected chi connectivity index (χ4v) is 1.96. The normalized spacial score (nSPS) is 10.1. The highest BCUT2D eigenvalue weighted by atomic mass is 16.1. The van der Waals surface area contributed by atoms with E-state index in [1.54, 1.807) is 0 Å². The number of para-hydroxylation sites is 1. The lowest BCUT2D eigenvalue weighted by atomic mass is 10.1. The van der Waals surface area contributed by atoms with Crippen LogP contribution in [0.3, 0.4) is 0 Å². The third-order valence-electron chi connectivity index (χ3n) is 3.08. The molecule has 0 atom stereocenters. The number of anilines is 2. The predicted octanol–water partition coefficient (Wildman–Crippen LogP) is 3.60. The second kappa shape index (κ2) is 5.57. The second-order valence-electron chi connectivity index (χ2n) is 4.57. The van der Waals surface area contributed by atoms with E-state index in [1.807, 2.05) is 63.4 Å². The molecule has 0 spiro atoms. The Kier molecular flexibility index (Phi) is 3.85. The predicted molar refractivity (Wildman–Crippen MR) is 79.9 cm³/mol. The summed E-state index contributed by atoms with van der Waals surface area (Å²) in [7, 11) is 1.81. The van der Waals surface area contributed by atoms with Gasteiger partial charge in [0, 0.05) is 18.4 Å². The number of carbonyl (C=O) groups excluding carboxylic acids is 1. The van der Waals surface area contributed by atoms with Gasteiger partial charge in [0.1, 0.15) is 0 Å². The first-order valence-electron chi connectivity index (χ1n) is 6.27. The van der Waals surface area contributed by atoms with Gasteiger partial charge in [0.05, 0.1) is 5.56 Å². The van der Waals surface area contributed by atoms with E-state index in [4.69, 9.17) is 0 Å². The van der Waals surface area contributed by atoms with Gasteiger partial charge in [-0.3, -0.25) is 4.79 Å². The first-order chi connectivity index (χ1) is 9.11. The summed E-state index contributed by atoms with van der Waals surface area (Å²) < 4.78 is 0. The molecule has 2 rings (SSSR count). The van der Waals surface area contributed by atoms with Gasteiger partial charge in [-0.2, -0.15) is 0 Å². The minimum Gasteiger partial charge on any atom is -0.387 e. The van der Waals surface area contributed by atoms with Gasteiger partial charge in [-0.15, -0.1) is 0 Å². The van der Waals surface area contributed by atoms with Crippen LogP contribution in [0.2, 0.25) is 0 Å². The van der Waals surface area contributed by atoms with Crippen LogP contribution >= 0.6 is 0 Å². The molecule has 1 amide bonds. The third kappa shape index (κ3) is 2.94. The van der Waals surface area contributed by atoms with Crippen LogP contribution in [-0.4, -0.2) is 13.0 Å². The quantitative estimate of drug-likeness (QED) is 0.878. The van der Waals surface area contributed by atoms with E-state index in [0.29, 0.717) is 5.56 Å². The molecule has 2 N–H and O–H groups in total. The number of benzene rings is 2. The van der Waals surface area contributed by atoms with Crippen LogP contribution in [0.5, 0.6) is 0 Å². The zero-order valence-electron chi connectivity index (χ0n) is 11.4. The van der Waals surface area contributed by atoms with Gasteiger partial charge in [-0.25, -0.2) is 0 Å². The Morgan fingerprint density at radius 1 is 1.00 bits per heavy atom. The van der Waals surface area contributed by atoms with Crippen LogP contribution in [0, 0.1) is 13.8 Å². The highest BCUT2D eigenvalue weighted by Crippen LogP contribution is 2.20. The maximum Gasteiger partial charge on any atom is 0.257 e. The smallest absolute Gasteiger partial charge is 0.257 e. The maximum absolute atomic E-state index is 12.3. The summed E-state index contributed by atoms with van der Waals surface area (Å²) in [6.07, 6.45) is 0. The summed E-state index contributed by atoms with van der Waals surface area (Å²) in [5.74, 6) is -0.0985. The molecule has 98 valence electrons. The average molecular weight is 254 g/mol. The summed E-state index contributed by atoms with van der Waals surface area (Å²) in [6, 6.07) is 13.5. The molecule has 0 heterocycles. The number of amides is 1. The molecular weight excluding hydrogens is 236 g/mol. The monoisotopic (exact) mass is 254 g/mol. The van der Waals surface area contributed by atoms with E-state index in [0.717, 1.165) is 22.5 Å². The largest absolute Gasteiger partial charge is 0.387 e. The summed E-state index contributed by atoms with van der Waals surface area (Å²) in [5, 5.41) is 5.99. The Labute approximate surface area is 113 Å². The third-order valence-corrected chi connectivity index (χ3v) is 3.08. The fourth-order valence-electron chi connectivity index (χ4n) is 1.96. The van der Waals surface area contributed by atoms with Gasteiger partial charge in [0.15, 0.2) is 0 Å². The number of hydrogen-bond acceptors (Lipinski definition) is 2. The topological polar surface area (TPSA) is 41.1 Å². The van der Waals surface area contributed by atoms with Gasteiger partial charge in [-0.1, -0.05) is 24.3 Å². The lowest BCUT2D eigenvalue weighted by Crippen LogP contribution is -2.14. The van der Waals surface area contributed by atoms with Crippen LogP contribution in [0.15, 0.2) is 42.5 Å². The van der Waals surface area contributed by atoms with Crippen molar-refractivity contribution in [1.29, 1.82) is 0 Å². The van der Waals surface area contributed by atoms with Gasteiger partial charge < -0.3 is 10.6 Å². The molecule has 19 heavy (non-hydrogen) atoms. The molecule has 0 unspecified atom stereocenters. The molecule has 2 aromatic carbocycles. The molecule has 3 heteroatoms. The highest BCUT2D eigenvalue weighted by Gasteiger charge is 2.11. The molecule has 0 fully saturated rings. The molecule has 0 aliphatic rings. The van der Waals surface area contributed by atoms with Crippen molar-refractivity contribution in [2.75, 3.05) is 17.7 Å². The minimum absolute atomic E-state index is 0.0985. The molecule has 0 aromatic heterocycles. The van der Waals surface area contributed by atoms with Crippen molar-refractivity contribution in [3.63, 3.8) is 0 Å². The highest BCUT2D eigenvalue weighted by molar-refractivity contribution is 6.08. The minimum atomic E-state index is -0.0985. The molecule has 3 nitrogen and oxygen atoms in total. The Bertz CT molecular complexity index is 605. The number of rotatable bonds is 3. The fraction of sp³-hybridized carbons (Fsp3) is 0.188. The van der Waals surface area contributed by atoms with Crippen LogP contribution in [-0.2, 0) is 0 Å². The van der Waals surface area contributed by atoms with E-state index in [1.165, 1.54) is 0 Å². The number of aryl methyl sites for hydroxylation is 2. The van der Waals surface area contributed by atoms with Crippen LogP contribution in [0.4, 0.5) is 11.4 Å². The summed E-state index contributed by atoms with van der Waals surface area (Å²) in [4.78, 5) is 12.3. The van der Waals surface area contributed by atoms with Crippen molar-refractivity contribution in [2.24, 2.45) is 0 Å². The Morgan fingerprint density at radius 3 is 2.47 bits per heavy atom. The molecule has 0 radical (unpaired) electrons. The Hall–Kier alpha value is -2.29. The van der Waals surface area contributed by atoms with E-state index in [9.17, 15) is 4.79 Å². The van der Waals surface area contributed by atoms with E-state index < -0.39 is 0 Å². The van der Waals surface area contributed by atoms with Crippen molar-refractivity contribution in [3.8, 4) is 0 Å². The molecule has 0 bridgehead atoms. The second-order valence-corrected chi connectivity index (χ2v) is 4.57. The number of hydrogen-bond donors (Lipinski definition) is 2. The zero-order chi connectivity index (χ0) is 13.8. The van der Waals surface area contributed by atoms with Crippen LogP contribution in [0.1, 0.15) is 21.5 Å². The van der Waals surface area contributed by atoms with Crippen molar-refractivity contribution < 1.29 is 4.79 Å². The standard InChI is InChI=1S/C16H18N2O/c1-11-8-9-12(2)15(10-11)18-16(19)13-6-4-5-7-14(13)17-3/h4-10,17H,1-3H3,(H,18,19). The molecule has 0 aliphatic carbocycles. The van der Waals surface area contributed by atoms with Crippen molar-refractivity contribution >= 4 is 17.3 Å². The summed E-state index contributed by atoms with van der Waals surface area (Å²) in [5.41, 5.74) is 4.51. The Morgan fingerprint density at radius 2 is 1.74 bits per heavy atom. The average Bonchev–Trinajstić information content (AvgIpc) is 2.42. The lowest BCUT2D eigenvalue weighted by Gasteiger charge is -2.12. The first kappa shape index (κ1) is 13.1. The molecule has 0 aliphatic heterocycles.